The molecule has 0 aliphatic rings. The molecule has 98 valence electrons. The second kappa shape index (κ2) is 6.29. The minimum Gasteiger partial charge on any atom is -0.322 e. The Morgan fingerprint density at radius 2 is 1.89 bits per heavy atom. The lowest BCUT2D eigenvalue weighted by Gasteiger charge is -2.08. The number of rotatable bonds is 4. The first-order valence-corrected chi connectivity index (χ1v) is 6.31. The van der Waals surface area contributed by atoms with Gasteiger partial charge in [-0.15, -0.1) is 0 Å². The van der Waals surface area contributed by atoms with E-state index in [-0.39, 0.29) is 22.4 Å². The molecule has 19 heavy (non-hydrogen) atoms. The SMILES string of the molecule is O=C(Nc1ccccc1)c1cccnc1SC(F)F. The number of thioether (sulfide) groups is 1. The molecule has 0 bridgehead atoms. The second-order valence-electron chi connectivity index (χ2n) is 3.55. The zero-order valence-electron chi connectivity index (χ0n) is 9.72. The number of aromatic nitrogens is 1. The minimum absolute atomic E-state index is 0.0194. The molecule has 6 heteroatoms. The van der Waals surface area contributed by atoms with Crippen LogP contribution in [0.3, 0.4) is 0 Å². The van der Waals surface area contributed by atoms with Crippen LogP contribution in [0.25, 0.3) is 0 Å². The average molecular weight is 280 g/mol. The van der Waals surface area contributed by atoms with Crippen LogP contribution in [0.15, 0.2) is 53.7 Å². The molecule has 0 saturated carbocycles. The van der Waals surface area contributed by atoms with Crippen LogP contribution < -0.4 is 5.32 Å². The molecule has 0 atom stereocenters. The topological polar surface area (TPSA) is 42.0 Å². The number of hydrogen-bond acceptors (Lipinski definition) is 3. The molecule has 1 heterocycles. The molecule has 1 aromatic carbocycles. The maximum atomic E-state index is 12.4. The molecule has 1 N–H and O–H groups in total. The molecule has 2 rings (SSSR count). The van der Waals surface area contributed by atoms with Crippen LogP contribution in [0.4, 0.5) is 14.5 Å². The van der Waals surface area contributed by atoms with Gasteiger partial charge in [-0.1, -0.05) is 18.2 Å². The Morgan fingerprint density at radius 1 is 1.16 bits per heavy atom. The summed E-state index contributed by atoms with van der Waals surface area (Å²) >= 11 is 0.259. The maximum absolute atomic E-state index is 12.4. The molecular formula is C13H10F2N2OS. The molecule has 0 aliphatic carbocycles. The highest BCUT2D eigenvalue weighted by Crippen LogP contribution is 2.26. The lowest BCUT2D eigenvalue weighted by atomic mass is 10.2. The third kappa shape index (κ3) is 3.75. The number of halogens is 2. The van der Waals surface area contributed by atoms with E-state index in [1.54, 1.807) is 24.3 Å². The third-order valence-corrected chi connectivity index (χ3v) is 2.97. The Hall–Kier alpha value is -1.95. The van der Waals surface area contributed by atoms with Crippen molar-refractivity contribution in [3.63, 3.8) is 0 Å². The first kappa shape index (κ1) is 13.5. The smallest absolute Gasteiger partial charge is 0.290 e. The predicted octanol–water partition coefficient (Wildman–Crippen LogP) is 3.65. The number of anilines is 1. The van der Waals surface area contributed by atoms with Crippen molar-refractivity contribution in [3.8, 4) is 0 Å². The van der Waals surface area contributed by atoms with Crippen LogP contribution >= 0.6 is 11.8 Å². The lowest BCUT2D eigenvalue weighted by molar-refractivity contribution is 0.102. The lowest BCUT2D eigenvalue weighted by Crippen LogP contribution is -2.13. The van der Waals surface area contributed by atoms with Gasteiger partial charge in [0.2, 0.25) is 0 Å². The monoisotopic (exact) mass is 280 g/mol. The Balaban J connectivity index is 2.19. The summed E-state index contributed by atoms with van der Waals surface area (Å²) in [5.74, 6) is -3.07. The van der Waals surface area contributed by atoms with Crippen molar-refractivity contribution in [1.29, 1.82) is 0 Å². The molecule has 0 radical (unpaired) electrons. The van der Waals surface area contributed by atoms with Gasteiger partial charge in [-0.3, -0.25) is 4.79 Å². The van der Waals surface area contributed by atoms with Crippen LogP contribution in [-0.2, 0) is 0 Å². The van der Waals surface area contributed by atoms with Crippen molar-refractivity contribution in [3.05, 3.63) is 54.2 Å². The van der Waals surface area contributed by atoms with Crippen molar-refractivity contribution in [2.24, 2.45) is 0 Å². The summed E-state index contributed by atoms with van der Waals surface area (Å²) in [4.78, 5) is 15.8. The van der Waals surface area contributed by atoms with Crippen LogP contribution in [0.5, 0.6) is 0 Å². The van der Waals surface area contributed by atoms with E-state index in [1.165, 1.54) is 18.3 Å². The van der Waals surface area contributed by atoms with Gasteiger partial charge < -0.3 is 5.32 Å². The first-order valence-electron chi connectivity index (χ1n) is 5.43. The van der Waals surface area contributed by atoms with E-state index in [0.29, 0.717) is 5.69 Å². The van der Waals surface area contributed by atoms with Crippen LogP contribution in [-0.4, -0.2) is 16.6 Å². The highest BCUT2D eigenvalue weighted by Gasteiger charge is 2.16. The molecule has 1 amide bonds. The standard InChI is InChI=1S/C13H10F2N2OS/c14-13(15)19-12-10(7-4-8-16-12)11(18)17-9-5-2-1-3-6-9/h1-8,13H,(H,17,18). The number of benzene rings is 1. The van der Waals surface area contributed by atoms with E-state index in [1.807, 2.05) is 6.07 Å². The van der Waals surface area contributed by atoms with Crippen molar-refractivity contribution in [1.82, 2.24) is 4.98 Å². The molecule has 3 nitrogen and oxygen atoms in total. The van der Waals surface area contributed by atoms with Crippen molar-refractivity contribution < 1.29 is 13.6 Å². The number of amides is 1. The van der Waals surface area contributed by atoms with Crippen molar-refractivity contribution in [2.45, 2.75) is 10.8 Å². The molecule has 0 aliphatic heterocycles. The maximum Gasteiger partial charge on any atom is 0.290 e. The highest BCUT2D eigenvalue weighted by molar-refractivity contribution is 7.99. The van der Waals surface area contributed by atoms with Gasteiger partial charge in [0, 0.05) is 11.9 Å². The summed E-state index contributed by atoms with van der Waals surface area (Å²) in [7, 11) is 0. The van der Waals surface area contributed by atoms with E-state index >= 15 is 0 Å². The van der Waals surface area contributed by atoms with Gasteiger partial charge in [-0.25, -0.2) is 4.98 Å². The van der Waals surface area contributed by atoms with Gasteiger partial charge in [0.15, 0.2) is 0 Å². The first-order chi connectivity index (χ1) is 9.16. The number of alkyl halides is 2. The number of carbonyl (C=O) groups is 1. The van der Waals surface area contributed by atoms with E-state index in [0.717, 1.165) is 0 Å². The van der Waals surface area contributed by atoms with Gasteiger partial charge in [-0.05, 0) is 36.0 Å². The molecule has 2 aromatic rings. The Bertz CT molecular complexity index is 564. The van der Waals surface area contributed by atoms with Gasteiger partial charge in [-0.2, -0.15) is 8.78 Å². The molecule has 0 unspecified atom stereocenters. The quantitative estimate of drug-likeness (QED) is 0.869. The largest absolute Gasteiger partial charge is 0.322 e. The fourth-order valence-corrected chi connectivity index (χ4v) is 2.04. The Kier molecular flexibility index (Phi) is 4.46. The normalized spacial score (nSPS) is 10.5. The van der Waals surface area contributed by atoms with Crippen LogP contribution in [0.1, 0.15) is 10.4 Å². The zero-order chi connectivity index (χ0) is 13.7. The number of hydrogen-bond donors (Lipinski definition) is 1. The molecule has 1 aromatic heterocycles. The highest BCUT2D eigenvalue weighted by atomic mass is 32.2. The van der Waals surface area contributed by atoms with Gasteiger partial charge in [0.1, 0.15) is 5.03 Å². The van der Waals surface area contributed by atoms with E-state index in [4.69, 9.17) is 0 Å². The van der Waals surface area contributed by atoms with Gasteiger partial charge in [0.25, 0.3) is 11.7 Å². The molecule has 0 spiro atoms. The summed E-state index contributed by atoms with van der Waals surface area (Å²) in [5.41, 5.74) is 0.737. The molecule has 0 fully saturated rings. The number of para-hydroxylation sites is 1. The Labute approximate surface area is 113 Å². The fraction of sp³-hybridized carbons (Fsp3) is 0.0769. The van der Waals surface area contributed by atoms with E-state index in [2.05, 4.69) is 10.3 Å². The van der Waals surface area contributed by atoms with E-state index < -0.39 is 11.7 Å². The second-order valence-corrected chi connectivity index (χ2v) is 4.53. The summed E-state index contributed by atoms with van der Waals surface area (Å²) in [6.45, 7) is 0. The predicted molar refractivity (Wildman–Crippen MR) is 70.5 cm³/mol. The fourth-order valence-electron chi connectivity index (χ4n) is 1.46. The van der Waals surface area contributed by atoms with E-state index in [9.17, 15) is 13.6 Å². The summed E-state index contributed by atoms with van der Waals surface area (Å²) < 4.78 is 24.8. The van der Waals surface area contributed by atoms with Gasteiger partial charge in [0.05, 0.1) is 5.56 Å². The van der Waals surface area contributed by atoms with Crippen molar-refractivity contribution >= 4 is 23.4 Å². The van der Waals surface area contributed by atoms with Crippen LogP contribution in [0, 0.1) is 0 Å². The molecular weight excluding hydrogens is 270 g/mol. The van der Waals surface area contributed by atoms with Crippen LogP contribution in [0.2, 0.25) is 0 Å². The summed E-state index contributed by atoms with van der Waals surface area (Å²) in [6, 6.07) is 11.8. The Morgan fingerprint density at radius 3 is 2.58 bits per heavy atom. The summed E-state index contributed by atoms with van der Waals surface area (Å²) in [6.07, 6.45) is 1.38. The van der Waals surface area contributed by atoms with Gasteiger partial charge >= 0.3 is 0 Å². The average Bonchev–Trinajstić information content (AvgIpc) is 2.39. The van der Waals surface area contributed by atoms with Crippen molar-refractivity contribution in [2.75, 3.05) is 5.32 Å². The zero-order valence-corrected chi connectivity index (χ0v) is 10.5. The number of nitrogens with one attached hydrogen (secondary N) is 1. The number of nitrogens with zero attached hydrogens (tertiary/aromatic N) is 1. The summed E-state index contributed by atoms with van der Waals surface area (Å²) in [5, 5.41) is 2.65. The minimum atomic E-state index is -2.61. The third-order valence-electron chi connectivity index (χ3n) is 2.25. The molecule has 0 saturated heterocycles. The number of carbonyl (C=O) groups excluding carboxylic acids is 1. The number of pyridine rings is 1.